The van der Waals surface area contributed by atoms with Crippen molar-refractivity contribution in [3.05, 3.63) is 11.6 Å². The van der Waals surface area contributed by atoms with E-state index >= 15 is 0 Å². The predicted octanol–water partition coefficient (Wildman–Crippen LogP) is 4.15. The summed E-state index contributed by atoms with van der Waals surface area (Å²) in [5, 5.41) is 0. The maximum Gasteiger partial charge on any atom is 0.307 e. The maximum absolute atomic E-state index is 12.7. The summed E-state index contributed by atoms with van der Waals surface area (Å²) >= 11 is 0. The normalized spacial score (nSPS) is 42.9. The second kappa shape index (κ2) is 8.30. The van der Waals surface area contributed by atoms with Gasteiger partial charge in [0, 0.05) is 31.5 Å². The smallest absolute Gasteiger partial charge is 0.307 e. The van der Waals surface area contributed by atoms with E-state index in [-0.39, 0.29) is 22.9 Å². The molecule has 5 heteroatoms. The van der Waals surface area contributed by atoms with Gasteiger partial charge in [-0.05, 0) is 74.2 Å². The van der Waals surface area contributed by atoms with Crippen LogP contribution < -0.4 is 0 Å². The molecule has 1 heterocycles. The summed E-state index contributed by atoms with van der Waals surface area (Å²) in [5.41, 5.74) is 1.76. The summed E-state index contributed by atoms with van der Waals surface area (Å²) < 4.78 is 11.5. The quantitative estimate of drug-likeness (QED) is 0.629. The van der Waals surface area contributed by atoms with Crippen molar-refractivity contribution in [3.63, 3.8) is 0 Å². The van der Waals surface area contributed by atoms with Crippen LogP contribution in [0.1, 0.15) is 71.6 Å². The molecule has 1 aliphatic heterocycles. The van der Waals surface area contributed by atoms with Crippen LogP contribution in [0.15, 0.2) is 11.6 Å². The average Bonchev–Trinajstić information content (AvgIpc) is 3.10. The van der Waals surface area contributed by atoms with Crippen molar-refractivity contribution >= 4 is 11.8 Å². The van der Waals surface area contributed by atoms with E-state index < -0.39 is 0 Å². The number of carbonyl (C=O) groups excluding carboxylic acids is 2. The molecule has 6 atom stereocenters. The van der Waals surface area contributed by atoms with Crippen LogP contribution in [0.2, 0.25) is 0 Å². The molecule has 3 saturated carbocycles. The highest BCUT2D eigenvalue weighted by Gasteiger charge is 2.59. The minimum atomic E-state index is -0.0212. The number of ketones is 1. The number of fused-ring (bicyclic) bond motifs is 5. The molecule has 0 aromatic rings. The molecule has 5 rings (SSSR count). The van der Waals surface area contributed by atoms with Gasteiger partial charge in [0.1, 0.15) is 6.10 Å². The monoisotopic (exact) mass is 429 g/mol. The summed E-state index contributed by atoms with van der Waals surface area (Å²) in [7, 11) is 0. The molecule has 0 unspecified atom stereocenters. The second-order valence-corrected chi connectivity index (χ2v) is 11.3. The molecule has 0 aromatic carbocycles. The van der Waals surface area contributed by atoms with Crippen LogP contribution in [0, 0.1) is 28.6 Å². The molecule has 0 radical (unpaired) electrons. The maximum atomic E-state index is 12.7. The molecule has 0 N–H and O–H groups in total. The Morgan fingerprint density at radius 2 is 1.90 bits per heavy atom. The Hall–Kier alpha value is -1.20. The van der Waals surface area contributed by atoms with Gasteiger partial charge in [-0.2, -0.15) is 0 Å². The van der Waals surface area contributed by atoms with Crippen molar-refractivity contribution in [3.8, 4) is 0 Å². The molecule has 1 saturated heterocycles. The van der Waals surface area contributed by atoms with E-state index in [1.165, 1.54) is 24.8 Å². The van der Waals surface area contributed by atoms with E-state index in [9.17, 15) is 9.59 Å². The van der Waals surface area contributed by atoms with Gasteiger partial charge in [0.2, 0.25) is 0 Å². The lowest BCUT2D eigenvalue weighted by atomic mass is 9.47. The first-order chi connectivity index (χ1) is 14.9. The van der Waals surface area contributed by atoms with Gasteiger partial charge in [-0.25, -0.2) is 0 Å². The molecule has 0 aromatic heterocycles. The molecule has 0 bridgehead atoms. The van der Waals surface area contributed by atoms with Crippen LogP contribution in [0.25, 0.3) is 0 Å². The summed E-state index contributed by atoms with van der Waals surface area (Å²) in [6, 6.07) is 0. The molecule has 31 heavy (non-hydrogen) atoms. The fraction of sp³-hybridized carbons (Fsp3) is 0.846. The van der Waals surface area contributed by atoms with Crippen LogP contribution in [0.5, 0.6) is 0 Å². The standard InChI is InChI=1S/C26H39NO4/c1-25-10-7-19(28)17-18(25)3-4-20-21-5-6-23(26(21,2)11-8-22(20)25)31-24(29)9-12-27-13-15-30-16-14-27/h17,20-23H,3-16H2,1-2H3/t20-,21-,22-,23-,25-,26-/m0/s1. The third-order valence-electron chi connectivity index (χ3n) is 9.88. The molecule has 172 valence electrons. The first-order valence-electron chi connectivity index (χ1n) is 12.6. The lowest BCUT2D eigenvalue weighted by Gasteiger charge is -2.57. The highest BCUT2D eigenvalue weighted by atomic mass is 16.5. The van der Waals surface area contributed by atoms with E-state index in [2.05, 4.69) is 18.7 Å². The Balaban J connectivity index is 1.23. The van der Waals surface area contributed by atoms with Crippen molar-refractivity contribution in [2.45, 2.75) is 77.7 Å². The van der Waals surface area contributed by atoms with Crippen molar-refractivity contribution in [2.75, 3.05) is 32.8 Å². The van der Waals surface area contributed by atoms with Crippen LogP contribution >= 0.6 is 0 Å². The minimum Gasteiger partial charge on any atom is -0.462 e. The van der Waals surface area contributed by atoms with Gasteiger partial charge in [-0.1, -0.05) is 19.4 Å². The topological polar surface area (TPSA) is 55.8 Å². The Bertz CT molecular complexity index is 757. The molecule has 5 nitrogen and oxygen atoms in total. The van der Waals surface area contributed by atoms with Crippen LogP contribution in [0.4, 0.5) is 0 Å². The molecule has 0 amide bonds. The van der Waals surface area contributed by atoms with E-state index in [1.807, 2.05) is 6.08 Å². The number of hydrogen-bond acceptors (Lipinski definition) is 5. The molecular weight excluding hydrogens is 390 g/mol. The van der Waals surface area contributed by atoms with Crippen molar-refractivity contribution < 1.29 is 19.1 Å². The lowest BCUT2D eigenvalue weighted by Crippen LogP contribution is -2.51. The summed E-state index contributed by atoms with van der Waals surface area (Å²) in [6.45, 7) is 8.99. The zero-order chi connectivity index (χ0) is 21.6. The van der Waals surface area contributed by atoms with Crippen molar-refractivity contribution in [1.29, 1.82) is 0 Å². The van der Waals surface area contributed by atoms with Crippen LogP contribution in [-0.4, -0.2) is 55.6 Å². The Labute approximate surface area is 186 Å². The van der Waals surface area contributed by atoms with E-state index in [0.29, 0.717) is 36.4 Å². The van der Waals surface area contributed by atoms with Gasteiger partial charge in [0.15, 0.2) is 5.78 Å². The predicted molar refractivity (Wildman–Crippen MR) is 118 cm³/mol. The number of rotatable bonds is 4. The Kier molecular flexibility index (Phi) is 5.79. The lowest BCUT2D eigenvalue weighted by molar-refractivity contribution is -0.160. The number of morpholine rings is 1. The van der Waals surface area contributed by atoms with Crippen LogP contribution in [0.3, 0.4) is 0 Å². The number of esters is 1. The number of ether oxygens (including phenoxy) is 2. The zero-order valence-corrected chi connectivity index (χ0v) is 19.4. The number of nitrogens with zero attached hydrogens (tertiary/aromatic N) is 1. The number of hydrogen-bond donors (Lipinski definition) is 0. The van der Waals surface area contributed by atoms with E-state index in [4.69, 9.17) is 9.47 Å². The van der Waals surface area contributed by atoms with E-state index in [1.54, 1.807) is 0 Å². The molecule has 4 aliphatic carbocycles. The minimum absolute atomic E-state index is 0.0212. The highest BCUT2D eigenvalue weighted by molar-refractivity contribution is 5.91. The van der Waals surface area contributed by atoms with Gasteiger partial charge in [-0.15, -0.1) is 0 Å². The van der Waals surface area contributed by atoms with Gasteiger partial charge < -0.3 is 9.47 Å². The zero-order valence-electron chi connectivity index (χ0n) is 19.4. The number of carbonyl (C=O) groups is 2. The molecular formula is C26H39NO4. The average molecular weight is 430 g/mol. The Morgan fingerprint density at radius 3 is 2.71 bits per heavy atom. The van der Waals surface area contributed by atoms with Crippen LogP contribution in [-0.2, 0) is 19.1 Å². The highest BCUT2D eigenvalue weighted by Crippen LogP contribution is 2.65. The molecule has 0 spiro atoms. The molecule has 5 aliphatic rings. The van der Waals surface area contributed by atoms with Gasteiger partial charge in [0.25, 0.3) is 0 Å². The summed E-state index contributed by atoms with van der Waals surface area (Å²) in [5.74, 6) is 2.36. The first-order valence-corrected chi connectivity index (χ1v) is 12.6. The van der Waals surface area contributed by atoms with Crippen molar-refractivity contribution in [1.82, 2.24) is 4.90 Å². The summed E-state index contributed by atoms with van der Waals surface area (Å²) in [4.78, 5) is 27.0. The largest absolute Gasteiger partial charge is 0.462 e. The number of allylic oxidation sites excluding steroid dienone is 1. The first kappa shape index (κ1) is 21.6. The second-order valence-electron chi connectivity index (χ2n) is 11.3. The third kappa shape index (κ3) is 3.80. The summed E-state index contributed by atoms with van der Waals surface area (Å²) in [6.07, 6.45) is 11.2. The fourth-order valence-corrected chi connectivity index (χ4v) is 8.00. The third-order valence-corrected chi connectivity index (χ3v) is 9.88. The van der Waals surface area contributed by atoms with Gasteiger partial charge in [-0.3, -0.25) is 14.5 Å². The van der Waals surface area contributed by atoms with Gasteiger partial charge >= 0.3 is 5.97 Å². The van der Waals surface area contributed by atoms with E-state index in [0.717, 1.165) is 58.5 Å². The van der Waals surface area contributed by atoms with Gasteiger partial charge in [0.05, 0.1) is 19.6 Å². The SMILES string of the molecule is C[C@]12CC[C@H]3[C@@H](CCC4=CC(=O)CC[C@@]43C)[C@@H]1CC[C@@H]2OC(=O)CCN1CCOCC1. The van der Waals surface area contributed by atoms with Crippen molar-refractivity contribution in [2.24, 2.45) is 28.6 Å². The Morgan fingerprint density at radius 1 is 1.10 bits per heavy atom. The fourth-order valence-electron chi connectivity index (χ4n) is 8.00. The molecule has 4 fully saturated rings.